The number of methoxy groups -OCH3 is 1. The molecule has 2 N–H and O–H groups in total. The molecular formula is C17H20FNO2. The quantitative estimate of drug-likeness (QED) is 0.770. The van der Waals surface area contributed by atoms with Crippen LogP contribution >= 0.6 is 0 Å². The lowest BCUT2D eigenvalue weighted by Gasteiger charge is -2.13. The Balaban J connectivity index is 1.81. The SMILES string of the molecule is COc1ccccc1CCNCC(O)c1ccccc1F. The number of rotatable bonds is 7. The van der Waals surface area contributed by atoms with Gasteiger partial charge in [0, 0.05) is 12.1 Å². The van der Waals surface area contributed by atoms with Crippen LogP contribution in [-0.4, -0.2) is 25.3 Å². The number of aliphatic hydroxyl groups excluding tert-OH is 1. The van der Waals surface area contributed by atoms with Gasteiger partial charge in [0.25, 0.3) is 0 Å². The molecule has 0 heterocycles. The Kier molecular flexibility index (Phi) is 5.72. The molecule has 0 aliphatic carbocycles. The molecule has 0 saturated carbocycles. The first kappa shape index (κ1) is 15.5. The van der Waals surface area contributed by atoms with Crippen molar-refractivity contribution in [2.24, 2.45) is 0 Å². The Hall–Kier alpha value is -1.91. The van der Waals surface area contributed by atoms with Gasteiger partial charge in [0.1, 0.15) is 11.6 Å². The van der Waals surface area contributed by atoms with E-state index >= 15 is 0 Å². The average molecular weight is 289 g/mol. The topological polar surface area (TPSA) is 41.5 Å². The van der Waals surface area contributed by atoms with Crippen LogP contribution in [0.25, 0.3) is 0 Å². The van der Waals surface area contributed by atoms with Crippen LogP contribution in [0.1, 0.15) is 17.2 Å². The first-order valence-corrected chi connectivity index (χ1v) is 6.97. The summed E-state index contributed by atoms with van der Waals surface area (Å²) in [4.78, 5) is 0. The van der Waals surface area contributed by atoms with E-state index in [0.717, 1.165) is 17.7 Å². The molecule has 0 saturated heterocycles. The van der Waals surface area contributed by atoms with Crippen LogP contribution in [0.15, 0.2) is 48.5 Å². The molecule has 112 valence electrons. The van der Waals surface area contributed by atoms with Crippen LogP contribution in [0, 0.1) is 5.82 Å². The van der Waals surface area contributed by atoms with Gasteiger partial charge in [-0.05, 0) is 30.7 Å². The molecule has 3 nitrogen and oxygen atoms in total. The number of halogens is 1. The first-order valence-electron chi connectivity index (χ1n) is 6.97. The maximum atomic E-state index is 13.5. The molecule has 0 fully saturated rings. The van der Waals surface area contributed by atoms with E-state index in [0.29, 0.717) is 18.7 Å². The third-order valence-corrected chi connectivity index (χ3v) is 3.37. The third kappa shape index (κ3) is 4.28. The second-order valence-corrected chi connectivity index (χ2v) is 4.80. The van der Waals surface area contributed by atoms with Crippen molar-refractivity contribution in [3.8, 4) is 5.75 Å². The van der Waals surface area contributed by atoms with Crippen LogP contribution in [0.3, 0.4) is 0 Å². The lowest BCUT2D eigenvalue weighted by atomic mass is 10.1. The van der Waals surface area contributed by atoms with Crippen molar-refractivity contribution >= 4 is 0 Å². The van der Waals surface area contributed by atoms with E-state index in [1.807, 2.05) is 24.3 Å². The Morgan fingerprint density at radius 3 is 2.62 bits per heavy atom. The van der Waals surface area contributed by atoms with Crippen molar-refractivity contribution in [1.29, 1.82) is 0 Å². The smallest absolute Gasteiger partial charge is 0.129 e. The number of hydrogen-bond acceptors (Lipinski definition) is 3. The molecule has 2 aromatic carbocycles. The summed E-state index contributed by atoms with van der Waals surface area (Å²) in [5, 5.41) is 13.1. The minimum atomic E-state index is -0.844. The molecule has 0 radical (unpaired) electrons. The zero-order valence-corrected chi connectivity index (χ0v) is 12.1. The molecule has 0 amide bonds. The van der Waals surface area contributed by atoms with Gasteiger partial charge in [-0.1, -0.05) is 36.4 Å². The molecule has 0 aliphatic rings. The van der Waals surface area contributed by atoms with E-state index in [1.165, 1.54) is 6.07 Å². The number of hydrogen-bond donors (Lipinski definition) is 2. The predicted octanol–water partition coefficient (Wildman–Crippen LogP) is 2.70. The number of nitrogens with one attached hydrogen (secondary N) is 1. The highest BCUT2D eigenvalue weighted by atomic mass is 19.1. The van der Waals surface area contributed by atoms with E-state index in [4.69, 9.17) is 4.74 Å². The summed E-state index contributed by atoms with van der Waals surface area (Å²) >= 11 is 0. The van der Waals surface area contributed by atoms with Crippen LogP contribution in [0.2, 0.25) is 0 Å². The number of aliphatic hydroxyl groups is 1. The molecule has 21 heavy (non-hydrogen) atoms. The highest BCUT2D eigenvalue weighted by Crippen LogP contribution is 2.18. The van der Waals surface area contributed by atoms with Gasteiger partial charge in [0.2, 0.25) is 0 Å². The lowest BCUT2D eigenvalue weighted by Crippen LogP contribution is -2.24. The van der Waals surface area contributed by atoms with Gasteiger partial charge < -0.3 is 15.2 Å². The van der Waals surface area contributed by atoms with Gasteiger partial charge >= 0.3 is 0 Å². The highest BCUT2D eigenvalue weighted by Gasteiger charge is 2.11. The standard InChI is InChI=1S/C17H20FNO2/c1-21-17-9-5-2-6-13(17)10-11-19-12-16(20)14-7-3-4-8-15(14)18/h2-9,16,19-20H,10-12H2,1H3. The molecular weight excluding hydrogens is 269 g/mol. The zero-order valence-electron chi connectivity index (χ0n) is 12.1. The van der Waals surface area contributed by atoms with Gasteiger partial charge in [-0.15, -0.1) is 0 Å². The Morgan fingerprint density at radius 1 is 1.14 bits per heavy atom. The Morgan fingerprint density at radius 2 is 1.86 bits per heavy atom. The largest absolute Gasteiger partial charge is 0.496 e. The summed E-state index contributed by atoms with van der Waals surface area (Å²) in [6, 6.07) is 14.1. The Bertz CT molecular complexity index is 574. The van der Waals surface area contributed by atoms with E-state index in [2.05, 4.69) is 5.32 Å². The average Bonchev–Trinajstić information content (AvgIpc) is 2.52. The monoisotopic (exact) mass is 289 g/mol. The van der Waals surface area contributed by atoms with Gasteiger partial charge in [-0.3, -0.25) is 0 Å². The molecule has 0 bridgehead atoms. The van der Waals surface area contributed by atoms with Crippen LogP contribution in [0.4, 0.5) is 4.39 Å². The summed E-state index contributed by atoms with van der Waals surface area (Å²) in [7, 11) is 1.65. The summed E-state index contributed by atoms with van der Waals surface area (Å²) in [5.74, 6) is 0.477. The molecule has 0 spiro atoms. The Labute approximate surface area is 124 Å². The predicted molar refractivity (Wildman–Crippen MR) is 80.9 cm³/mol. The summed E-state index contributed by atoms with van der Waals surface area (Å²) in [6.07, 6.45) is -0.0579. The fraction of sp³-hybridized carbons (Fsp3) is 0.294. The second kappa shape index (κ2) is 7.76. The van der Waals surface area contributed by atoms with E-state index in [-0.39, 0.29) is 5.82 Å². The van der Waals surface area contributed by atoms with Crippen LogP contribution in [0.5, 0.6) is 5.75 Å². The molecule has 2 rings (SSSR count). The number of ether oxygens (including phenoxy) is 1. The van der Waals surface area contributed by atoms with Crippen molar-refractivity contribution in [2.75, 3.05) is 20.2 Å². The van der Waals surface area contributed by atoms with Crippen molar-refractivity contribution in [2.45, 2.75) is 12.5 Å². The highest BCUT2D eigenvalue weighted by molar-refractivity contribution is 5.33. The summed E-state index contributed by atoms with van der Waals surface area (Å²) in [5.41, 5.74) is 1.43. The maximum Gasteiger partial charge on any atom is 0.129 e. The minimum absolute atomic E-state index is 0.316. The van der Waals surface area contributed by atoms with Gasteiger partial charge in [0.15, 0.2) is 0 Å². The fourth-order valence-electron chi connectivity index (χ4n) is 2.23. The zero-order chi connectivity index (χ0) is 15.1. The molecule has 4 heteroatoms. The van der Waals surface area contributed by atoms with E-state index in [1.54, 1.807) is 25.3 Å². The van der Waals surface area contributed by atoms with Gasteiger partial charge in [-0.25, -0.2) is 4.39 Å². The maximum absolute atomic E-state index is 13.5. The van der Waals surface area contributed by atoms with Crippen molar-refractivity contribution in [1.82, 2.24) is 5.32 Å². The van der Waals surface area contributed by atoms with Gasteiger partial charge in [-0.2, -0.15) is 0 Å². The molecule has 0 aliphatic heterocycles. The van der Waals surface area contributed by atoms with Crippen molar-refractivity contribution in [3.05, 3.63) is 65.5 Å². The summed E-state index contributed by atoms with van der Waals surface area (Å²) in [6.45, 7) is 1.00. The van der Waals surface area contributed by atoms with Crippen LogP contribution < -0.4 is 10.1 Å². The lowest BCUT2D eigenvalue weighted by molar-refractivity contribution is 0.170. The number of benzene rings is 2. The van der Waals surface area contributed by atoms with E-state index < -0.39 is 6.10 Å². The van der Waals surface area contributed by atoms with Crippen LogP contribution in [-0.2, 0) is 6.42 Å². The molecule has 0 aromatic heterocycles. The first-order chi connectivity index (χ1) is 10.2. The number of para-hydroxylation sites is 1. The van der Waals surface area contributed by atoms with Crippen molar-refractivity contribution in [3.63, 3.8) is 0 Å². The van der Waals surface area contributed by atoms with Gasteiger partial charge in [0.05, 0.1) is 13.2 Å². The second-order valence-electron chi connectivity index (χ2n) is 4.80. The minimum Gasteiger partial charge on any atom is -0.496 e. The fourth-order valence-corrected chi connectivity index (χ4v) is 2.23. The third-order valence-electron chi connectivity index (χ3n) is 3.37. The molecule has 2 aromatic rings. The molecule has 1 unspecified atom stereocenters. The summed E-state index contributed by atoms with van der Waals surface area (Å²) < 4.78 is 18.8. The normalized spacial score (nSPS) is 12.1. The van der Waals surface area contributed by atoms with Crippen molar-refractivity contribution < 1.29 is 14.2 Å². The van der Waals surface area contributed by atoms with E-state index in [9.17, 15) is 9.50 Å². The molecule has 1 atom stereocenters.